The molecule has 1 heterocycles. The van der Waals surface area contributed by atoms with Gasteiger partial charge >= 0.3 is 17.9 Å². The van der Waals surface area contributed by atoms with Gasteiger partial charge in [-0.05, 0) is 45.9 Å². The summed E-state index contributed by atoms with van der Waals surface area (Å²) in [6, 6.07) is 6.79. The second-order valence-electron chi connectivity index (χ2n) is 6.55. The number of hydrogen-bond acceptors (Lipinski definition) is 8. The van der Waals surface area contributed by atoms with Crippen molar-refractivity contribution in [3.63, 3.8) is 0 Å². The third-order valence-electron chi connectivity index (χ3n) is 4.38. The van der Waals surface area contributed by atoms with E-state index >= 15 is 0 Å². The van der Waals surface area contributed by atoms with E-state index in [2.05, 4.69) is 5.32 Å². The van der Waals surface area contributed by atoms with Crippen LogP contribution in [0.4, 0.5) is 0 Å². The van der Waals surface area contributed by atoms with Gasteiger partial charge in [0.15, 0.2) is 0 Å². The Morgan fingerprint density at radius 2 is 1.52 bits per heavy atom. The Kier molecular flexibility index (Phi) is 8.93. The zero-order chi connectivity index (χ0) is 23.0. The summed E-state index contributed by atoms with van der Waals surface area (Å²) < 4.78 is 21.0. The topological polar surface area (TPSA) is 100 Å². The van der Waals surface area contributed by atoms with Crippen LogP contribution in [-0.2, 0) is 28.6 Å². The molecule has 168 valence electrons. The summed E-state index contributed by atoms with van der Waals surface area (Å²) >= 11 is 5.91. The summed E-state index contributed by atoms with van der Waals surface area (Å²) in [7, 11) is 0. The van der Waals surface area contributed by atoms with Crippen molar-refractivity contribution in [2.45, 2.75) is 27.7 Å². The van der Waals surface area contributed by atoms with E-state index in [4.69, 9.17) is 30.5 Å². The van der Waals surface area contributed by atoms with Crippen molar-refractivity contribution >= 4 is 29.5 Å². The van der Waals surface area contributed by atoms with Crippen LogP contribution >= 0.6 is 11.6 Å². The van der Waals surface area contributed by atoms with Crippen molar-refractivity contribution in [3.05, 3.63) is 51.8 Å². The van der Waals surface area contributed by atoms with E-state index in [9.17, 15) is 14.4 Å². The third-order valence-corrected chi connectivity index (χ3v) is 4.61. The van der Waals surface area contributed by atoms with E-state index in [1.165, 1.54) is 0 Å². The van der Waals surface area contributed by atoms with Gasteiger partial charge in [0.1, 0.15) is 24.9 Å². The maximum Gasteiger partial charge on any atom is 0.337 e. The standard InChI is InChI=1S/C22H26ClNO7/c1-5-28-20(25)17-13(3)24-14(4)18(21(26)29-6-2)19(17)22(27)31-11-10-30-16-9-7-8-15(23)12-16/h7-9,12,19,24H,5-6,10-11H2,1-4H3. The zero-order valence-electron chi connectivity index (χ0n) is 18.0. The molecule has 0 radical (unpaired) electrons. The Morgan fingerprint density at radius 1 is 0.935 bits per heavy atom. The van der Waals surface area contributed by atoms with Gasteiger partial charge in [0.25, 0.3) is 0 Å². The first-order chi connectivity index (χ1) is 14.8. The molecule has 1 aromatic rings. The predicted molar refractivity (Wildman–Crippen MR) is 113 cm³/mol. The molecule has 0 unspecified atom stereocenters. The number of nitrogens with one attached hydrogen (secondary N) is 1. The highest BCUT2D eigenvalue weighted by Crippen LogP contribution is 2.32. The van der Waals surface area contributed by atoms with E-state index in [0.717, 1.165) is 0 Å². The maximum absolute atomic E-state index is 13.0. The van der Waals surface area contributed by atoms with Crippen molar-refractivity contribution in [3.8, 4) is 5.75 Å². The second-order valence-corrected chi connectivity index (χ2v) is 6.99. The van der Waals surface area contributed by atoms with Crippen LogP contribution in [-0.4, -0.2) is 44.3 Å². The molecule has 0 amide bonds. The molecule has 1 aliphatic heterocycles. The first-order valence-corrected chi connectivity index (χ1v) is 10.3. The number of ether oxygens (including phenoxy) is 4. The number of halogens is 1. The summed E-state index contributed by atoms with van der Waals surface area (Å²) in [5, 5.41) is 3.47. The maximum atomic E-state index is 13.0. The van der Waals surface area contributed by atoms with Crippen molar-refractivity contribution in [1.29, 1.82) is 0 Å². The lowest BCUT2D eigenvalue weighted by Crippen LogP contribution is -2.38. The van der Waals surface area contributed by atoms with E-state index in [-0.39, 0.29) is 37.6 Å². The van der Waals surface area contributed by atoms with Crippen LogP contribution in [0.5, 0.6) is 5.75 Å². The number of rotatable bonds is 9. The molecule has 1 N–H and O–H groups in total. The fourth-order valence-electron chi connectivity index (χ4n) is 3.13. The fourth-order valence-corrected chi connectivity index (χ4v) is 3.31. The van der Waals surface area contributed by atoms with Gasteiger partial charge in [0.05, 0.1) is 24.4 Å². The van der Waals surface area contributed by atoms with Crippen LogP contribution in [0, 0.1) is 5.92 Å². The average molecular weight is 452 g/mol. The summed E-state index contributed by atoms with van der Waals surface area (Å²) in [6.07, 6.45) is 0. The summed E-state index contributed by atoms with van der Waals surface area (Å²) in [4.78, 5) is 38.1. The van der Waals surface area contributed by atoms with E-state index in [1.807, 2.05) is 0 Å². The van der Waals surface area contributed by atoms with Crippen molar-refractivity contribution in [1.82, 2.24) is 5.32 Å². The molecular weight excluding hydrogens is 426 g/mol. The molecule has 0 atom stereocenters. The van der Waals surface area contributed by atoms with Crippen LogP contribution in [0.25, 0.3) is 0 Å². The van der Waals surface area contributed by atoms with Crippen LogP contribution in [0.2, 0.25) is 5.02 Å². The Bertz CT molecular complexity index is 867. The first-order valence-electron chi connectivity index (χ1n) is 9.87. The van der Waals surface area contributed by atoms with Gasteiger partial charge in [-0.25, -0.2) is 9.59 Å². The lowest BCUT2D eigenvalue weighted by atomic mass is 9.85. The molecule has 0 spiro atoms. The highest BCUT2D eigenvalue weighted by Gasteiger charge is 2.42. The highest BCUT2D eigenvalue weighted by molar-refractivity contribution is 6.30. The highest BCUT2D eigenvalue weighted by atomic mass is 35.5. The number of esters is 3. The monoisotopic (exact) mass is 451 g/mol. The quantitative estimate of drug-likeness (QED) is 0.347. The normalized spacial score (nSPS) is 14.1. The number of allylic oxidation sites excluding steroid dienone is 2. The molecule has 31 heavy (non-hydrogen) atoms. The molecule has 2 rings (SSSR count). The van der Waals surface area contributed by atoms with Crippen LogP contribution in [0.3, 0.4) is 0 Å². The number of carbonyl (C=O) groups excluding carboxylic acids is 3. The van der Waals surface area contributed by atoms with Gasteiger partial charge < -0.3 is 24.3 Å². The van der Waals surface area contributed by atoms with Crippen molar-refractivity contribution in [2.75, 3.05) is 26.4 Å². The van der Waals surface area contributed by atoms with Gasteiger partial charge in [0, 0.05) is 16.4 Å². The molecule has 0 saturated heterocycles. The van der Waals surface area contributed by atoms with Gasteiger partial charge in [0.2, 0.25) is 0 Å². The van der Waals surface area contributed by atoms with E-state index < -0.39 is 23.8 Å². The summed E-state index contributed by atoms with van der Waals surface area (Å²) in [6.45, 7) is 6.74. The summed E-state index contributed by atoms with van der Waals surface area (Å²) in [5.41, 5.74) is 0.828. The lowest BCUT2D eigenvalue weighted by Gasteiger charge is -2.28. The lowest BCUT2D eigenvalue weighted by molar-refractivity contribution is -0.152. The van der Waals surface area contributed by atoms with Gasteiger partial charge in [-0.3, -0.25) is 4.79 Å². The van der Waals surface area contributed by atoms with Crippen molar-refractivity contribution < 1.29 is 33.3 Å². The number of benzene rings is 1. The molecule has 1 aromatic carbocycles. The molecule has 9 heteroatoms. The number of hydrogen-bond donors (Lipinski definition) is 1. The van der Waals surface area contributed by atoms with Crippen LogP contribution in [0.15, 0.2) is 46.8 Å². The minimum absolute atomic E-state index is 0.0104. The Hall–Kier alpha value is -3.00. The first kappa shape index (κ1) is 24.3. The summed E-state index contributed by atoms with van der Waals surface area (Å²) in [5.74, 6) is -2.94. The SMILES string of the molecule is CCOC(=O)C1=C(C)NC(C)=C(C(=O)OCC)C1C(=O)OCCOc1cccc(Cl)c1. The zero-order valence-corrected chi connectivity index (χ0v) is 18.7. The van der Waals surface area contributed by atoms with Crippen molar-refractivity contribution in [2.24, 2.45) is 5.92 Å². The second kappa shape index (κ2) is 11.4. The van der Waals surface area contributed by atoms with E-state index in [1.54, 1.807) is 52.0 Å². The molecule has 0 aromatic heterocycles. The van der Waals surface area contributed by atoms with Gasteiger partial charge in [-0.15, -0.1) is 0 Å². The number of dihydropyridines is 1. The average Bonchev–Trinajstić information content (AvgIpc) is 2.70. The molecule has 0 fully saturated rings. The molecule has 0 bridgehead atoms. The molecule has 0 saturated carbocycles. The molecule has 1 aliphatic rings. The Labute approximate surface area is 186 Å². The van der Waals surface area contributed by atoms with Crippen LogP contribution < -0.4 is 10.1 Å². The Morgan fingerprint density at radius 3 is 2.03 bits per heavy atom. The van der Waals surface area contributed by atoms with E-state index in [0.29, 0.717) is 22.2 Å². The molecule has 0 aliphatic carbocycles. The largest absolute Gasteiger partial charge is 0.490 e. The minimum Gasteiger partial charge on any atom is -0.490 e. The fraction of sp³-hybridized carbons (Fsp3) is 0.409. The van der Waals surface area contributed by atoms with Gasteiger partial charge in [-0.1, -0.05) is 17.7 Å². The number of carbonyl (C=O) groups is 3. The van der Waals surface area contributed by atoms with Crippen LogP contribution in [0.1, 0.15) is 27.7 Å². The third kappa shape index (κ3) is 6.24. The predicted octanol–water partition coefficient (Wildman–Crippen LogP) is 3.16. The smallest absolute Gasteiger partial charge is 0.337 e. The Balaban J connectivity index is 2.19. The molecule has 8 nitrogen and oxygen atoms in total. The molecular formula is C22H26ClNO7. The minimum atomic E-state index is -1.27. The van der Waals surface area contributed by atoms with Gasteiger partial charge in [-0.2, -0.15) is 0 Å².